The van der Waals surface area contributed by atoms with Crippen LogP contribution in [0, 0.1) is 5.82 Å². The summed E-state index contributed by atoms with van der Waals surface area (Å²) in [5, 5.41) is 11.8. The molecule has 11 heteroatoms. The van der Waals surface area contributed by atoms with E-state index in [1.54, 1.807) is 28.9 Å². The highest BCUT2D eigenvalue weighted by atomic mass is 35.5. The van der Waals surface area contributed by atoms with E-state index in [0.717, 1.165) is 36.8 Å². The fraction of sp³-hybridized carbons (Fsp3) is 0.231. The Morgan fingerprint density at radius 1 is 1.03 bits per heavy atom. The minimum absolute atomic E-state index is 0. The van der Waals surface area contributed by atoms with Crippen molar-refractivity contribution in [1.29, 1.82) is 0 Å². The predicted molar refractivity (Wildman–Crippen MR) is 142 cm³/mol. The number of aryl methyl sites for hydroxylation is 1. The average molecular weight is 522 g/mol. The molecular weight excluding hydrogens is 497 g/mol. The molecule has 1 saturated heterocycles. The fourth-order valence-electron chi connectivity index (χ4n) is 4.27. The molecule has 1 fully saturated rings. The second-order valence-corrected chi connectivity index (χ2v) is 8.70. The summed E-state index contributed by atoms with van der Waals surface area (Å²) >= 11 is 0. The first-order valence-corrected chi connectivity index (χ1v) is 11.8. The molecule has 3 aromatic heterocycles. The summed E-state index contributed by atoms with van der Waals surface area (Å²) in [7, 11) is 1.85. The first-order chi connectivity index (χ1) is 17.6. The summed E-state index contributed by atoms with van der Waals surface area (Å²) in [6.07, 6.45) is 5.34. The molecule has 6 rings (SSSR count). The van der Waals surface area contributed by atoms with E-state index in [9.17, 15) is 4.39 Å². The Kier molecular flexibility index (Phi) is 7.02. The lowest BCUT2D eigenvalue weighted by molar-refractivity contribution is 0.156. The van der Waals surface area contributed by atoms with Crippen LogP contribution in [0.2, 0.25) is 0 Å². The number of aromatic nitrogens is 5. The molecule has 190 valence electrons. The highest BCUT2D eigenvalue weighted by molar-refractivity contribution is 5.87. The van der Waals surface area contributed by atoms with Gasteiger partial charge in [-0.05, 0) is 56.3 Å². The van der Waals surface area contributed by atoms with Gasteiger partial charge in [-0.3, -0.25) is 4.68 Å². The van der Waals surface area contributed by atoms with Crippen molar-refractivity contribution in [1.82, 2.24) is 30.0 Å². The molecule has 0 saturated carbocycles. The minimum atomic E-state index is -0.512. The smallest absolute Gasteiger partial charge is 0.214 e. The first kappa shape index (κ1) is 24.7. The lowest BCUT2D eigenvalue weighted by atomic mass is 10.1. The highest BCUT2D eigenvalue weighted by Gasteiger charge is 2.16. The Hall–Kier alpha value is -4.02. The number of anilines is 2. The molecule has 0 aliphatic carbocycles. The van der Waals surface area contributed by atoms with Crippen LogP contribution in [-0.2, 0) is 7.05 Å². The molecule has 4 heterocycles. The number of nitrogens with zero attached hydrogens (tertiary/aromatic N) is 5. The number of piperidine rings is 1. The highest BCUT2D eigenvalue weighted by Crippen LogP contribution is 2.30. The molecule has 0 unspecified atom stereocenters. The number of rotatable bonds is 6. The normalized spacial score (nSPS) is 13.9. The topological polar surface area (TPSA) is 99.0 Å². The van der Waals surface area contributed by atoms with Gasteiger partial charge in [0.2, 0.25) is 5.88 Å². The van der Waals surface area contributed by atoms with Gasteiger partial charge in [0.1, 0.15) is 23.7 Å². The van der Waals surface area contributed by atoms with Crippen molar-refractivity contribution < 1.29 is 13.9 Å². The predicted octanol–water partition coefficient (Wildman–Crippen LogP) is 5.14. The monoisotopic (exact) mass is 521 g/mol. The molecule has 1 aliphatic heterocycles. The van der Waals surface area contributed by atoms with Crippen LogP contribution in [-0.4, -0.2) is 43.9 Å². The summed E-state index contributed by atoms with van der Waals surface area (Å²) < 4.78 is 28.5. The van der Waals surface area contributed by atoms with Crippen LogP contribution in [0.15, 0.2) is 61.1 Å². The van der Waals surface area contributed by atoms with E-state index in [1.807, 2.05) is 31.4 Å². The Morgan fingerprint density at radius 3 is 2.73 bits per heavy atom. The van der Waals surface area contributed by atoms with E-state index in [-0.39, 0.29) is 24.3 Å². The van der Waals surface area contributed by atoms with Gasteiger partial charge in [-0.2, -0.15) is 5.10 Å². The summed E-state index contributed by atoms with van der Waals surface area (Å²) in [5.74, 6) is 1.09. The second kappa shape index (κ2) is 10.5. The summed E-state index contributed by atoms with van der Waals surface area (Å²) in [5.41, 5.74) is 2.50. The van der Waals surface area contributed by atoms with Gasteiger partial charge < -0.3 is 20.1 Å². The zero-order valence-corrected chi connectivity index (χ0v) is 20.8. The van der Waals surface area contributed by atoms with Crippen molar-refractivity contribution >= 4 is 45.8 Å². The molecule has 37 heavy (non-hydrogen) atoms. The molecule has 0 radical (unpaired) electrons. The van der Waals surface area contributed by atoms with Crippen molar-refractivity contribution in [2.45, 2.75) is 18.9 Å². The maximum Gasteiger partial charge on any atom is 0.214 e. The van der Waals surface area contributed by atoms with Crippen molar-refractivity contribution in [3.63, 3.8) is 0 Å². The number of benzene rings is 2. The lowest BCUT2D eigenvalue weighted by Crippen LogP contribution is -2.34. The standard InChI is InChI=1S/C26H24FN7O2.ClH/c1-34-14-16-2-4-19(13-22(16)33-34)35-23-6-3-17(12-20(23)27)31-26-25-21(29-15-30-26)5-7-24(32-25)36-18-8-10-28-11-9-18;/h2-7,12-15,18,28H,8-11H2,1H3,(H,29,30,31);1H. The van der Waals surface area contributed by atoms with Crippen LogP contribution in [0.25, 0.3) is 21.9 Å². The van der Waals surface area contributed by atoms with E-state index >= 15 is 0 Å². The van der Waals surface area contributed by atoms with Gasteiger partial charge in [0.05, 0.1) is 11.0 Å². The van der Waals surface area contributed by atoms with Crippen molar-refractivity contribution in [2.75, 3.05) is 18.4 Å². The van der Waals surface area contributed by atoms with Gasteiger partial charge in [0.25, 0.3) is 0 Å². The van der Waals surface area contributed by atoms with Crippen LogP contribution in [0.5, 0.6) is 17.4 Å². The third kappa shape index (κ3) is 5.40. The molecule has 5 aromatic rings. The van der Waals surface area contributed by atoms with Crippen molar-refractivity contribution in [3.05, 3.63) is 66.9 Å². The quantitative estimate of drug-likeness (QED) is 0.317. The van der Waals surface area contributed by atoms with Gasteiger partial charge in [-0.25, -0.2) is 19.3 Å². The SMILES string of the molecule is Cl.Cn1cc2ccc(Oc3ccc(Nc4ncnc5ccc(OC6CCNCC6)nc45)cc3F)cc2n1. The number of halogens is 2. The Bertz CT molecular complexity index is 1560. The number of fused-ring (bicyclic) bond motifs is 2. The maximum absolute atomic E-state index is 14.9. The largest absolute Gasteiger partial charge is 0.474 e. The Labute approximate surface area is 218 Å². The molecule has 0 atom stereocenters. The zero-order valence-electron chi connectivity index (χ0n) is 20.0. The second-order valence-electron chi connectivity index (χ2n) is 8.70. The Morgan fingerprint density at radius 2 is 1.89 bits per heavy atom. The summed E-state index contributed by atoms with van der Waals surface area (Å²) in [4.78, 5) is 13.3. The Balaban J connectivity index is 0.00000280. The lowest BCUT2D eigenvalue weighted by Gasteiger charge is -2.23. The number of hydrogen-bond donors (Lipinski definition) is 2. The molecule has 2 N–H and O–H groups in total. The molecular formula is C26H25ClFN7O2. The van der Waals surface area contributed by atoms with Crippen molar-refractivity contribution in [2.24, 2.45) is 7.05 Å². The number of ether oxygens (including phenoxy) is 2. The number of nitrogens with one attached hydrogen (secondary N) is 2. The molecule has 0 bridgehead atoms. The van der Waals surface area contributed by atoms with E-state index in [0.29, 0.717) is 34.2 Å². The molecule has 9 nitrogen and oxygen atoms in total. The van der Waals surface area contributed by atoms with Gasteiger partial charge in [0.15, 0.2) is 17.4 Å². The molecule has 0 amide bonds. The molecule has 1 aliphatic rings. The third-order valence-corrected chi connectivity index (χ3v) is 6.05. The van der Waals surface area contributed by atoms with E-state index < -0.39 is 5.82 Å². The molecule has 0 spiro atoms. The van der Waals surface area contributed by atoms with Gasteiger partial charge in [0, 0.05) is 42.5 Å². The third-order valence-electron chi connectivity index (χ3n) is 6.05. The van der Waals surface area contributed by atoms with Crippen LogP contribution in [0.3, 0.4) is 0 Å². The minimum Gasteiger partial charge on any atom is -0.474 e. The van der Waals surface area contributed by atoms with Gasteiger partial charge in [-0.15, -0.1) is 12.4 Å². The fourth-order valence-corrected chi connectivity index (χ4v) is 4.27. The summed E-state index contributed by atoms with van der Waals surface area (Å²) in [6, 6.07) is 13.8. The van der Waals surface area contributed by atoms with E-state index in [4.69, 9.17) is 9.47 Å². The van der Waals surface area contributed by atoms with Crippen LogP contribution < -0.4 is 20.1 Å². The van der Waals surface area contributed by atoms with Gasteiger partial charge in [-0.1, -0.05) is 0 Å². The van der Waals surface area contributed by atoms with Crippen molar-refractivity contribution in [3.8, 4) is 17.4 Å². The average Bonchev–Trinajstić information content (AvgIpc) is 3.26. The maximum atomic E-state index is 14.9. The van der Waals surface area contributed by atoms with Crippen LogP contribution >= 0.6 is 12.4 Å². The molecule has 2 aromatic carbocycles. The summed E-state index contributed by atoms with van der Waals surface area (Å²) in [6.45, 7) is 1.86. The van der Waals surface area contributed by atoms with Crippen LogP contribution in [0.1, 0.15) is 12.8 Å². The van der Waals surface area contributed by atoms with Crippen LogP contribution in [0.4, 0.5) is 15.9 Å². The van der Waals surface area contributed by atoms with Gasteiger partial charge >= 0.3 is 0 Å². The first-order valence-electron chi connectivity index (χ1n) is 11.8. The van der Waals surface area contributed by atoms with E-state index in [2.05, 4.69) is 30.7 Å². The number of hydrogen-bond acceptors (Lipinski definition) is 8. The number of pyridine rings is 1. The van der Waals surface area contributed by atoms with E-state index in [1.165, 1.54) is 12.4 Å². The zero-order chi connectivity index (χ0) is 24.5.